The fraction of sp³-hybridized carbons (Fsp3) is 0.400. The smallest absolute Gasteiger partial charge is 0.0494 e. The molecule has 2 atom stereocenters. The molecule has 2 aromatic carbocycles. The van der Waals surface area contributed by atoms with Crippen LogP contribution >= 0.6 is 0 Å². The van der Waals surface area contributed by atoms with E-state index in [1.807, 2.05) is 24.3 Å². The molecule has 0 amide bonds. The molecule has 0 aromatic heterocycles. The Labute approximate surface area is 144 Å². The van der Waals surface area contributed by atoms with E-state index < -0.39 is 0 Å². The van der Waals surface area contributed by atoms with Crippen molar-refractivity contribution in [1.82, 2.24) is 0 Å². The van der Waals surface area contributed by atoms with Crippen molar-refractivity contribution in [2.75, 3.05) is 34.4 Å². The molecule has 0 bridgehead atoms. The van der Waals surface area contributed by atoms with Gasteiger partial charge in [-0.15, -0.1) is 0 Å². The summed E-state index contributed by atoms with van der Waals surface area (Å²) in [6.45, 7) is 2.28. The predicted molar refractivity (Wildman–Crippen MR) is 102 cm³/mol. The Hall–Kier alpha value is -2.36. The summed E-state index contributed by atoms with van der Waals surface area (Å²) in [7, 11) is 0. The van der Waals surface area contributed by atoms with Gasteiger partial charge in [0.05, 0.1) is 0 Å². The van der Waals surface area contributed by atoms with Crippen molar-refractivity contribution in [2.45, 2.75) is 37.8 Å². The SMILES string of the molecule is Nc1ccc(N2CCCC2C2CCCN2c2ccc(N)cc2)cc1. The summed E-state index contributed by atoms with van der Waals surface area (Å²) < 4.78 is 0. The van der Waals surface area contributed by atoms with E-state index >= 15 is 0 Å². The second-order valence-electron chi connectivity index (χ2n) is 6.99. The highest BCUT2D eigenvalue weighted by Crippen LogP contribution is 2.36. The lowest BCUT2D eigenvalue weighted by Gasteiger charge is -2.37. The zero-order valence-corrected chi connectivity index (χ0v) is 14.1. The van der Waals surface area contributed by atoms with E-state index in [2.05, 4.69) is 34.1 Å². The van der Waals surface area contributed by atoms with Gasteiger partial charge in [0.25, 0.3) is 0 Å². The van der Waals surface area contributed by atoms with Crippen molar-refractivity contribution in [3.63, 3.8) is 0 Å². The summed E-state index contributed by atoms with van der Waals surface area (Å²) >= 11 is 0. The highest BCUT2D eigenvalue weighted by atomic mass is 15.3. The van der Waals surface area contributed by atoms with Gasteiger partial charge in [-0.3, -0.25) is 0 Å². The van der Waals surface area contributed by atoms with Crippen molar-refractivity contribution >= 4 is 22.7 Å². The Morgan fingerprint density at radius 2 is 1.00 bits per heavy atom. The highest BCUT2D eigenvalue weighted by Gasteiger charge is 2.37. The first-order chi connectivity index (χ1) is 11.7. The third kappa shape index (κ3) is 2.77. The lowest BCUT2D eigenvalue weighted by atomic mass is 10.0. The molecule has 0 aliphatic carbocycles. The van der Waals surface area contributed by atoms with Gasteiger partial charge < -0.3 is 21.3 Å². The molecule has 24 heavy (non-hydrogen) atoms. The van der Waals surface area contributed by atoms with Crippen LogP contribution in [0.1, 0.15) is 25.7 Å². The van der Waals surface area contributed by atoms with Crippen molar-refractivity contribution in [2.24, 2.45) is 0 Å². The van der Waals surface area contributed by atoms with Gasteiger partial charge in [-0.1, -0.05) is 0 Å². The Morgan fingerprint density at radius 3 is 1.38 bits per heavy atom. The molecule has 4 nitrogen and oxygen atoms in total. The lowest BCUT2D eigenvalue weighted by Crippen LogP contribution is -2.46. The number of nitrogens with zero attached hydrogens (tertiary/aromatic N) is 2. The Kier molecular flexibility index (Phi) is 3.97. The van der Waals surface area contributed by atoms with E-state index in [1.54, 1.807) is 0 Å². The number of hydrogen-bond donors (Lipinski definition) is 2. The van der Waals surface area contributed by atoms with Crippen LogP contribution in [0.25, 0.3) is 0 Å². The summed E-state index contributed by atoms with van der Waals surface area (Å²) in [5.41, 5.74) is 16.0. The molecule has 0 radical (unpaired) electrons. The maximum Gasteiger partial charge on any atom is 0.0494 e. The van der Waals surface area contributed by atoms with Crippen LogP contribution in [0.2, 0.25) is 0 Å². The maximum absolute atomic E-state index is 5.86. The summed E-state index contributed by atoms with van der Waals surface area (Å²) in [4.78, 5) is 5.17. The van der Waals surface area contributed by atoms with E-state index in [1.165, 1.54) is 37.1 Å². The molecule has 2 fully saturated rings. The predicted octanol–water partition coefficient (Wildman–Crippen LogP) is 3.49. The van der Waals surface area contributed by atoms with Crippen molar-refractivity contribution in [1.29, 1.82) is 0 Å². The van der Waals surface area contributed by atoms with E-state index in [-0.39, 0.29) is 0 Å². The van der Waals surface area contributed by atoms with E-state index in [9.17, 15) is 0 Å². The molecule has 2 saturated heterocycles. The van der Waals surface area contributed by atoms with Gasteiger partial charge in [0.1, 0.15) is 0 Å². The molecular weight excluding hydrogens is 296 g/mol. The molecular formula is C20H26N4. The lowest BCUT2D eigenvalue weighted by molar-refractivity contribution is 0.521. The Morgan fingerprint density at radius 1 is 0.625 bits per heavy atom. The topological polar surface area (TPSA) is 58.5 Å². The summed E-state index contributed by atoms with van der Waals surface area (Å²) in [6.07, 6.45) is 5.06. The second kappa shape index (κ2) is 6.27. The quantitative estimate of drug-likeness (QED) is 0.849. The average molecular weight is 322 g/mol. The zero-order chi connectivity index (χ0) is 16.5. The van der Waals surface area contributed by atoms with Crippen molar-refractivity contribution in [3.05, 3.63) is 48.5 Å². The summed E-state index contributed by atoms with van der Waals surface area (Å²) in [6, 6.07) is 17.9. The molecule has 2 unspecified atom stereocenters. The third-order valence-corrected chi connectivity index (χ3v) is 5.49. The van der Waals surface area contributed by atoms with Crippen LogP contribution in [-0.2, 0) is 0 Å². The van der Waals surface area contributed by atoms with Crippen molar-refractivity contribution < 1.29 is 0 Å². The van der Waals surface area contributed by atoms with Gasteiger partial charge in [0.2, 0.25) is 0 Å². The van der Waals surface area contributed by atoms with Gasteiger partial charge in [-0.05, 0) is 74.2 Å². The number of rotatable bonds is 3. The monoisotopic (exact) mass is 322 g/mol. The van der Waals surface area contributed by atoms with E-state index in [4.69, 9.17) is 11.5 Å². The molecule has 4 heteroatoms. The molecule has 2 heterocycles. The van der Waals surface area contributed by atoms with Gasteiger partial charge in [0, 0.05) is 47.9 Å². The Bertz CT molecular complexity index is 618. The average Bonchev–Trinajstić information content (AvgIpc) is 3.25. The van der Waals surface area contributed by atoms with Gasteiger partial charge >= 0.3 is 0 Å². The second-order valence-corrected chi connectivity index (χ2v) is 6.99. The molecule has 0 spiro atoms. The minimum Gasteiger partial charge on any atom is -0.399 e. The molecule has 4 rings (SSSR count). The van der Waals surface area contributed by atoms with Crippen LogP contribution in [0.3, 0.4) is 0 Å². The first-order valence-corrected chi connectivity index (χ1v) is 8.97. The highest BCUT2D eigenvalue weighted by molar-refractivity contribution is 5.57. The third-order valence-electron chi connectivity index (χ3n) is 5.49. The zero-order valence-electron chi connectivity index (χ0n) is 14.1. The number of hydrogen-bond acceptors (Lipinski definition) is 4. The van der Waals surface area contributed by atoms with Crippen LogP contribution < -0.4 is 21.3 Å². The summed E-state index contributed by atoms with van der Waals surface area (Å²) in [5.74, 6) is 0. The standard InChI is InChI=1S/C20H26N4/c21-15-5-9-17(10-6-15)23-13-1-3-19(23)20-4-2-14-24(20)18-11-7-16(22)8-12-18/h5-12,19-20H,1-4,13-14,21-22H2. The van der Waals surface area contributed by atoms with Crippen LogP contribution in [-0.4, -0.2) is 25.2 Å². The fourth-order valence-corrected chi connectivity index (χ4v) is 4.36. The number of nitrogen functional groups attached to an aromatic ring is 2. The van der Waals surface area contributed by atoms with Gasteiger partial charge in [0.15, 0.2) is 0 Å². The first kappa shape index (κ1) is 15.2. The molecule has 2 aliphatic heterocycles. The minimum atomic E-state index is 0.577. The number of anilines is 4. The largest absolute Gasteiger partial charge is 0.399 e. The molecule has 0 saturated carbocycles. The minimum absolute atomic E-state index is 0.577. The van der Waals surface area contributed by atoms with Crippen LogP contribution in [0.4, 0.5) is 22.7 Å². The number of nitrogens with two attached hydrogens (primary N) is 2. The number of benzene rings is 2. The van der Waals surface area contributed by atoms with Crippen LogP contribution in [0, 0.1) is 0 Å². The molecule has 126 valence electrons. The first-order valence-electron chi connectivity index (χ1n) is 8.97. The maximum atomic E-state index is 5.86. The molecule has 2 aliphatic rings. The fourth-order valence-electron chi connectivity index (χ4n) is 4.36. The summed E-state index contributed by atoms with van der Waals surface area (Å²) in [5, 5.41) is 0. The van der Waals surface area contributed by atoms with Crippen molar-refractivity contribution in [3.8, 4) is 0 Å². The normalized spacial score (nSPS) is 23.8. The Balaban J connectivity index is 1.58. The molecule has 4 N–H and O–H groups in total. The molecule has 2 aromatic rings. The van der Waals surface area contributed by atoms with Crippen LogP contribution in [0.5, 0.6) is 0 Å². The van der Waals surface area contributed by atoms with E-state index in [0.717, 1.165) is 24.5 Å². The van der Waals surface area contributed by atoms with Crippen LogP contribution in [0.15, 0.2) is 48.5 Å². The van der Waals surface area contributed by atoms with Gasteiger partial charge in [-0.25, -0.2) is 0 Å². The van der Waals surface area contributed by atoms with E-state index in [0.29, 0.717) is 12.1 Å². The van der Waals surface area contributed by atoms with Gasteiger partial charge in [-0.2, -0.15) is 0 Å².